The van der Waals surface area contributed by atoms with Gasteiger partial charge in [0, 0.05) is 71.2 Å². The summed E-state index contributed by atoms with van der Waals surface area (Å²) in [7, 11) is 3.23. The Kier molecular flexibility index (Phi) is 9.87. The molecule has 4 fully saturated rings. The number of nitrogens with one attached hydrogen (secondary N) is 2. The van der Waals surface area contributed by atoms with Crippen molar-refractivity contribution in [2.45, 2.75) is 88.7 Å². The van der Waals surface area contributed by atoms with Gasteiger partial charge in [-0.1, -0.05) is 59.6 Å². The number of carbonyl (C=O) groups excluding carboxylic acids is 2. The van der Waals surface area contributed by atoms with Crippen molar-refractivity contribution in [3.8, 4) is 39.4 Å². The minimum Gasteiger partial charge on any atom is -0.481 e. The van der Waals surface area contributed by atoms with Crippen molar-refractivity contribution in [3.63, 3.8) is 0 Å². The van der Waals surface area contributed by atoms with Crippen molar-refractivity contribution in [1.29, 1.82) is 0 Å². The Hall–Kier alpha value is -4.95. The number of fused-ring (bicyclic) bond motifs is 1. The maximum absolute atomic E-state index is 13.5. The molecular weight excluding hydrogens is 769 g/mol. The zero-order valence-corrected chi connectivity index (χ0v) is 34.0. The monoisotopic (exact) mass is 813 g/mol. The van der Waals surface area contributed by atoms with Crippen LogP contribution < -0.4 is 20.9 Å². The second kappa shape index (κ2) is 14.5. The molecule has 57 heavy (non-hydrogen) atoms. The molecule has 3 aliphatic carbocycles. The summed E-state index contributed by atoms with van der Waals surface area (Å²) >= 11 is 14.3. The largest absolute Gasteiger partial charge is 0.481 e. The van der Waals surface area contributed by atoms with Crippen LogP contribution in [0.2, 0.25) is 10.0 Å². The number of aromatic nitrogens is 4. The van der Waals surface area contributed by atoms with Crippen LogP contribution in [0, 0.1) is 0 Å². The van der Waals surface area contributed by atoms with Crippen molar-refractivity contribution in [3.05, 3.63) is 92.6 Å². The van der Waals surface area contributed by atoms with E-state index in [4.69, 9.17) is 42.8 Å². The van der Waals surface area contributed by atoms with Crippen molar-refractivity contribution >= 4 is 40.7 Å². The van der Waals surface area contributed by atoms with Gasteiger partial charge in [-0.3, -0.25) is 14.2 Å². The second-order valence-electron chi connectivity index (χ2n) is 16.6. The fourth-order valence-corrected chi connectivity index (χ4v) is 8.96. The fraction of sp³-hybridized carbons (Fsp3) is 0.405. The molecule has 1 aliphatic heterocycles. The molecule has 1 atom stereocenters. The number of halogens is 2. The number of ether oxygens (including phenoxy) is 2. The van der Waals surface area contributed by atoms with Gasteiger partial charge in [-0.05, 0) is 64.7 Å². The lowest BCUT2D eigenvalue weighted by Gasteiger charge is -2.67. The highest BCUT2D eigenvalue weighted by atomic mass is 35.5. The Morgan fingerprint density at radius 3 is 2.33 bits per heavy atom. The van der Waals surface area contributed by atoms with Gasteiger partial charge in [-0.25, -0.2) is 14.3 Å². The maximum atomic E-state index is 13.5. The molecule has 13 nitrogen and oxygen atoms in total. The van der Waals surface area contributed by atoms with Gasteiger partial charge in [-0.2, -0.15) is 5.10 Å². The summed E-state index contributed by atoms with van der Waals surface area (Å²) in [5, 5.41) is 22.2. The van der Waals surface area contributed by atoms with Crippen molar-refractivity contribution in [2.24, 2.45) is 7.05 Å². The number of aliphatic hydroxyl groups is 1. The smallest absolute Gasteiger partial charge is 0.410 e. The SMILES string of the molecule is COc1nc(-c2cccc(-c3cccc(-c4cc5c(=O)n(C)c(CNC67CC(O)(C6)C7)nn5c4)c3Cl)c2Cl)ccc1CN(C[C@@H]1CCC(=O)N1)C(=O)OC(C)(C)C. The Labute approximate surface area is 339 Å². The molecule has 0 unspecified atom stereocenters. The highest BCUT2D eigenvalue weighted by molar-refractivity contribution is 6.39. The summed E-state index contributed by atoms with van der Waals surface area (Å²) < 4.78 is 14.6. The highest BCUT2D eigenvalue weighted by Gasteiger charge is 2.67. The third kappa shape index (κ3) is 7.49. The van der Waals surface area contributed by atoms with Crippen LogP contribution in [0.1, 0.15) is 64.3 Å². The van der Waals surface area contributed by atoms with Crippen LogP contribution in [-0.4, -0.2) is 77.6 Å². The van der Waals surface area contributed by atoms with E-state index in [-0.39, 0.29) is 36.1 Å². The second-order valence-corrected chi connectivity index (χ2v) is 17.3. The number of rotatable bonds is 11. The molecule has 4 heterocycles. The van der Waals surface area contributed by atoms with Gasteiger partial charge in [0.05, 0.1) is 41.5 Å². The first kappa shape index (κ1) is 38.9. The molecule has 3 N–H and O–H groups in total. The minimum absolute atomic E-state index is 0.0387. The molecule has 2 amide bonds. The molecule has 4 aliphatic rings. The lowest BCUT2D eigenvalue weighted by Crippen LogP contribution is -2.77. The Balaban J connectivity index is 1.06. The Morgan fingerprint density at radius 1 is 1.04 bits per heavy atom. The summed E-state index contributed by atoms with van der Waals surface area (Å²) in [6.07, 6.45) is 4.52. The summed E-state index contributed by atoms with van der Waals surface area (Å²) in [4.78, 5) is 45.1. The first-order valence-corrected chi connectivity index (χ1v) is 19.7. The standard InChI is InChI=1S/C42H45Cl2N7O6/c1-40(2,3)57-39(54)50(20-26-13-15-34(52)46-26)18-24-12-14-31(47-37(24)56-5)30-11-7-10-29(36(30)44)28-9-6-8-27(35(28)43)25-16-32-38(53)49(4)33(48-51(32)19-25)17-45-41-21-42(55,22-41)23-41/h6-12,14,16,19,26,45,55H,13,15,17-18,20-23H2,1-5H3,(H,46,52)/t26-,41?,42?/m0/s1. The average molecular weight is 815 g/mol. The van der Waals surface area contributed by atoms with Gasteiger partial charge in [0.25, 0.3) is 5.56 Å². The molecule has 1 saturated heterocycles. The molecular formula is C42H45Cl2N7O6. The molecule has 3 aromatic heterocycles. The van der Waals surface area contributed by atoms with E-state index in [1.165, 1.54) is 7.11 Å². The zero-order chi connectivity index (χ0) is 40.4. The number of benzene rings is 2. The molecule has 0 radical (unpaired) electrons. The summed E-state index contributed by atoms with van der Waals surface area (Å²) in [6.45, 7) is 6.25. The van der Waals surface area contributed by atoms with E-state index < -0.39 is 17.3 Å². The number of nitrogens with zero attached hydrogens (tertiary/aromatic N) is 5. The quantitative estimate of drug-likeness (QED) is 0.135. The van der Waals surface area contributed by atoms with E-state index >= 15 is 0 Å². The topological polar surface area (TPSA) is 152 Å². The van der Waals surface area contributed by atoms with Crippen LogP contribution in [0.4, 0.5) is 4.79 Å². The summed E-state index contributed by atoms with van der Waals surface area (Å²) in [5.41, 5.74) is 3.61. The molecule has 0 spiro atoms. The number of pyridine rings is 1. The number of hydrogen-bond donors (Lipinski definition) is 3. The van der Waals surface area contributed by atoms with Crippen molar-refractivity contribution in [2.75, 3.05) is 13.7 Å². The first-order valence-electron chi connectivity index (χ1n) is 19.0. The zero-order valence-electron chi connectivity index (χ0n) is 32.5. The van der Waals surface area contributed by atoms with E-state index in [2.05, 4.69) is 10.6 Å². The Bertz CT molecular complexity index is 2470. The van der Waals surface area contributed by atoms with E-state index in [1.807, 2.05) is 69.3 Å². The Morgan fingerprint density at radius 2 is 1.70 bits per heavy atom. The van der Waals surface area contributed by atoms with Crippen molar-refractivity contribution in [1.82, 2.24) is 34.7 Å². The summed E-state index contributed by atoms with van der Waals surface area (Å²) in [6, 6.07) is 16.6. The molecule has 298 valence electrons. The van der Waals surface area contributed by atoms with Gasteiger partial charge < -0.3 is 30.1 Å². The van der Waals surface area contributed by atoms with E-state index in [9.17, 15) is 19.5 Å². The van der Waals surface area contributed by atoms with Crippen LogP contribution in [0.3, 0.4) is 0 Å². The number of amides is 2. The average Bonchev–Trinajstić information content (AvgIpc) is 3.76. The third-order valence-electron chi connectivity index (χ3n) is 11.1. The van der Waals surface area contributed by atoms with Gasteiger partial charge in [-0.15, -0.1) is 0 Å². The van der Waals surface area contributed by atoms with Crippen LogP contribution in [0.5, 0.6) is 5.88 Å². The molecule has 2 aromatic carbocycles. The van der Waals surface area contributed by atoms with Crippen LogP contribution in [0.15, 0.2) is 65.6 Å². The predicted molar refractivity (Wildman–Crippen MR) is 217 cm³/mol. The highest BCUT2D eigenvalue weighted by Crippen LogP contribution is 2.60. The normalized spacial score (nSPS) is 21.2. The maximum Gasteiger partial charge on any atom is 0.410 e. The lowest BCUT2D eigenvalue weighted by atomic mass is 9.46. The minimum atomic E-state index is -0.708. The van der Waals surface area contributed by atoms with E-state index in [0.717, 1.165) is 24.8 Å². The molecule has 5 aromatic rings. The van der Waals surface area contributed by atoms with Gasteiger partial charge in [0.1, 0.15) is 16.9 Å². The van der Waals surface area contributed by atoms with E-state index in [1.54, 1.807) is 33.3 Å². The van der Waals surface area contributed by atoms with Gasteiger partial charge in [0.2, 0.25) is 11.8 Å². The van der Waals surface area contributed by atoms with Gasteiger partial charge >= 0.3 is 6.09 Å². The van der Waals surface area contributed by atoms with Crippen LogP contribution in [0.25, 0.3) is 39.0 Å². The summed E-state index contributed by atoms with van der Waals surface area (Å²) in [5.74, 6) is 0.867. The van der Waals surface area contributed by atoms with Crippen molar-refractivity contribution < 1.29 is 24.2 Å². The van der Waals surface area contributed by atoms with Crippen LogP contribution in [-0.2, 0) is 29.7 Å². The van der Waals surface area contributed by atoms with E-state index in [0.29, 0.717) is 80.2 Å². The fourth-order valence-electron chi connectivity index (χ4n) is 8.30. The predicted octanol–water partition coefficient (Wildman–Crippen LogP) is 6.52. The number of hydrogen-bond acceptors (Lipinski definition) is 9. The van der Waals surface area contributed by atoms with Crippen LogP contribution >= 0.6 is 23.2 Å². The number of carbonyl (C=O) groups is 2. The molecule has 3 saturated carbocycles. The molecule has 15 heteroatoms. The van der Waals surface area contributed by atoms with Gasteiger partial charge in [0.15, 0.2) is 0 Å². The number of methoxy groups -OCH3 is 1. The lowest BCUT2D eigenvalue weighted by molar-refractivity contribution is -0.221. The first-order chi connectivity index (χ1) is 27.0. The molecule has 9 rings (SSSR count). The molecule has 2 bridgehead atoms. The third-order valence-corrected chi connectivity index (χ3v) is 11.9.